The highest BCUT2D eigenvalue weighted by atomic mass is 16.5. The van der Waals surface area contributed by atoms with Gasteiger partial charge in [0.2, 0.25) is 0 Å². The van der Waals surface area contributed by atoms with Crippen molar-refractivity contribution in [2.75, 3.05) is 27.4 Å². The Bertz CT molecular complexity index is 1110. The van der Waals surface area contributed by atoms with Crippen LogP contribution in [0, 0.1) is 0 Å². The van der Waals surface area contributed by atoms with E-state index in [1.54, 1.807) is 50.6 Å². The highest BCUT2D eigenvalue weighted by Gasteiger charge is 2.32. The van der Waals surface area contributed by atoms with Crippen molar-refractivity contribution in [1.82, 2.24) is 4.90 Å². The number of likely N-dealkylation sites (tertiary alicyclic amines) is 1. The zero-order valence-electron chi connectivity index (χ0n) is 18.8. The monoisotopic (exact) mass is 445 g/mol. The van der Waals surface area contributed by atoms with E-state index in [2.05, 4.69) is 0 Å². The van der Waals surface area contributed by atoms with Crippen LogP contribution in [0.3, 0.4) is 0 Å². The van der Waals surface area contributed by atoms with E-state index in [0.29, 0.717) is 23.4 Å². The topological polar surface area (TPSA) is 65.1 Å². The summed E-state index contributed by atoms with van der Waals surface area (Å²) in [6.07, 6.45) is 1.76. The predicted octanol–water partition coefficient (Wildman–Crippen LogP) is 4.68. The van der Waals surface area contributed by atoms with Crippen molar-refractivity contribution >= 4 is 11.7 Å². The molecule has 3 aromatic carbocycles. The normalized spacial score (nSPS) is 15.2. The van der Waals surface area contributed by atoms with Gasteiger partial charge in [-0.3, -0.25) is 9.59 Å². The van der Waals surface area contributed by atoms with Gasteiger partial charge in [-0.15, -0.1) is 0 Å². The van der Waals surface area contributed by atoms with E-state index in [-0.39, 0.29) is 24.3 Å². The Balaban J connectivity index is 1.41. The van der Waals surface area contributed by atoms with Crippen molar-refractivity contribution in [2.24, 2.45) is 0 Å². The molecule has 0 N–H and O–H groups in total. The Morgan fingerprint density at radius 3 is 2.27 bits per heavy atom. The molecule has 0 aromatic heterocycles. The number of hydrogen-bond donors (Lipinski definition) is 0. The third-order valence-electron chi connectivity index (χ3n) is 5.88. The average Bonchev–Trinajstić information content (AvgIpc) is 3.37. The van der Waals surface area contributed by atoms with Gasteiger partial charge in [-0.2, -0.15) is 0 Å². The van der Waals surface area contributed by atoms with Gasteiger partial charge in [0, 0.05) is 23.2 Å². The van der Waals surface area contributed by atoms with Gasteiger partial charge < -0.3 is 19.1 Å². The molecule has 0 bridgehead atoms. The standard InChI is InChI=1S/C27H27NO5/c1-31-22-14-15-25(32-2)23(17-22)24-9-6-16-28(24)26(29)18-33-21-12-10-20(11-13-21)27(30)19-7-4-3-5-8-19/h3-5,7-8,10-15,17,24H,6,9,16,18H2,1-2H3. The molecule has 1 saturated heterocycles. The Kier molecular flexibility index (Phi) is 6.93. The van der Waals surface area contributed by atoms with E-state index in [0.717, 1.165) is 29.9 Å². The number of benzene rings is 3. The second-order valence-electron chi connectivity index (χ2n) is 7.86. The van der Waals surface area contributed by atoms with Crippen LogP contribution in [0.2, 0.25) is 0 Å². The average molecular weight is 446 g/mol. The molecule has 0 spiro atoms. The van der Waals surface area contributed by atoms with Crippen LogP contribution in [0.25, 0.3) is 0 Å². The molecule has 3 aromatic rings. The summed E-state index contributed by atoms with van der Waals surface area (Å²) in [4.78, 5) is 27.4. The molecular weight excluding hydrogens is 418 g/mol. The van der Waals surface area contributed by atoms with Gasteiger partial charge in [-0.25, -0.2) is 0 Å². The Morgan fingerprint density at radius 1 is 0.879 bits per heavy atom. The summed E-state index contributed by atoms with van der Waals surface area (Å²) in [6.45, 7) is 0.590. The lowest BCUT2D eigenvalue weighted by molar-refractivity contribution is -0.134. The number of methoxy groups -OCH3 is 2. The van der Waals surface area contributed by atoms with Gasteiger partial charge in [0.15, 0.2) is 12.4 Å². The minimum atomic E-state index is -0.0909. The molecule has 1 fully saturated rings. The molecule has 6 heteroatoms. The van der Waals surface area contributed by atoms with E-state index in [1.807, 2.05) is 41.3 Å². The van der Waals surface area contributed by atoms with Gasteiger partial charge in [0.05, 0.1) is 20.3 Å². The number of ketones is 1. The van der Waals surface area contributed by atoms with Gasteiger partial charge in [-0.1, -0.05) is 30.3 Å². The van der Waals surface area contributed by atoms with Crippen molar-refractivity contribution in [3.8, 4) is 17.2 Å². The third kappa shape index (κ3) is 5.00. The largest absolute Gasteiger partial charge is 0.497 e. The summed E-state index contributed by atoms with van der Waals surface area (Å²) >= 11 is 0. The van der Waals surface area contributed by atoms with Crippen LogP contribution in [0.5, 0.6) is 17.2 Å². The number of ether oxygens (including phenoxy) is 3. The number of hydrogen-bond acceptors (Lipinski definition) is 5. The molecule has 6 nitrogen and oxygen atoms in total. The maximum Gasteiger partial charge on any atom is 0.261 e. The van der Waals surface area contributed by atoms with Crippen LogP contribution in [-0.2, 0) is 4.79 Å². The van der Waals surface area contributed by atoms with E-state index >= 15 is 0 Å². The number of carbonyl (C=O) groups is 2. The fourth-order valence-corrected chi connectivity index (χ4v) is 4.18. The van der Waals surface area contributed by atoms with Crippen LogP contribution in [0.1, 0.15) is 40.4 Å². The third-order valence-corrected chi connectivity index (χ3v) is 5.88. The van der Waals surface area contributed by atoms with Crippen molar-refractivity contribution < 1.29 is 23.8 Å². The van der Waals surface area contributed by atoms with Gasteiger partial charge >= 0.3 is 0 Å². The molecular formula is C27H27NO5. The molecule has 1 atom stereocenters. The number of carbonyl (C=O) groups excluding carboxylic acids is 2. The summed E-state index contributed by atoms with van der Waals surface area (Å²) < 4.78 is 16.6. The van der Waals surface area contributed by atoms with Crippen molar-refractivity contribution in [1.29, 1.82) is 0 Å². The summed E-state index contributed by atoms with van der Waals surface area (Å²) in [5.41, 5.74) is 2.14. The molecule has 1 amide bonds. The van der Waals surface area contributed by atoms with Crippen molar-refractivity contribution in [2.45, 2.75) is 18.9 Å². The Morgan fingerprint density at radius 2 is 1.58 bits per heavy atom. The fraction of sp³-hybridized carbons (Fsp3) is 0.259. The predicted molar refractivity (Wildman–Crippen MR) is 125 cm³/mol. The molecule has 0 aliphatic carbocycles. The minimum absolute atomic E-state index is 0.0506. The van der Waals surface area contributed by atoms with Crippen molar-refractivity contribution in [3.63, 3.8) is 0 Å². The fourth-order valence-electron chi connectivity index (χ4n) is 4.18. The first-order valence-corrected chi connectivity index (χ1v) is 10.9. The summed E-state index contributed by atoms with van der Waals surface area (Å²) in [5.74, 6) is 1.87. The second kappa shape index (κ2) is 10.2. The lowest BCUT2D eigenvalue weighted by Gasteiger charge is -2.26. The van der Waals surface area contributed by atoms with Crippen LogP contribution in [0.15, 0.2) is 72.8 Å². The highest BCUT2D eigenvalue weighted by molar-refractivity contribution is 6.09. The molecule has 0 radical (unpaired) electrons. The number of rotatable bonds is 8. The molecule has 1 aliphatic rings. The van der Waals surface area contributed by atoms with Crippen LogP contribution in [0.4, 0.5) is 0 Å². The summed E-state index contributed by atoms with van der Waals surface area (Å²) in [5, 5.41) is 0. The maximum atomic E-state index is 13.0. The number of amides is 1. The highest BCUT2D eigenvalue weighted by Crippen LogP contribution is 2.39. The second-order valence-corrected chi connectivity index (χ2v) is 7.86. The van der Waals surface area contributed by atoms with Crippen LogP contribution >= 0.6 is 0 Å². The molecule has 0 saturated carbocycles. The molecule has 170 valence electrons. The summed E-state index contributed by atoms with van der Waals surface area (Å²) in [6, 6.07) is 21.5. The zero-order valence-corrected chi connectivity index (χ0v) is 18.8. The lowest BCUT2D eigenvalue weighted by Crippen LogP contribution is -2.34. The van der Waals surface area contributed by atoms with Crippen LogP contribution < -0.4 is 14.2 Å². The van der Waals surface area contributed by atoms with Gasteiger partial charge in [-0.05, 0) is 55.3 Å². The van der Waals surface area contributed by atoms with E-state index < -0.39 is 0 Å². The zero-order chi connectivity index (χ0) is 23.2. The smallest absolute Gasteiger partial charge is 0.261 e. The van der Waals surface area contributed by atoms with E-state index in [4.69, 9.17) is 14.2 Å². The maximum absolute atomic E-state index is 13.0. The Hall–Kier alpha value is -3.80. The first kappa shape index (κ1) is 22.4. The lowest BCUT2D eigenvalue weighted by atomic mass is 10.0. The van der Waals surface area contributed by atoms with E-state index in [1.165, 1.54) is 0 Å². The Labute approximate surface area is 193 Å². The molecule has 1 heterocycles. The number of nitrogens with zero attached hydrogens (tertiary/aromatic N) is 1. The molecule has 1 unspecified atom stereocenters. The first-order valence-electron chi connectivity index (χ1n) is 10.9. The van der Waals surface area contributed by atoms with Crippen LogP contribution in [-0.4, -0.2) is 44.0 Å². The molecule has 4 rings (SSSR count). The summed E-state index contributed by atoms with van der Waals surface area (Å²) in [7, 11) is 3.25. The van der Waals surface area contributed by atoms with E-state index in [9.17, 15) is 9.59 Å². The molecule has 33 heavy (non-hydrogen) atoms. The quantitative estimate of drug-likeness (QED) is 0.471. The first-order chi connectivity index (χ1) is 16.1. The molecule has 1 aliphatic heterocycles. The SMILES string of the molecule is COc1ccc(OC)c(C2CCCN2C(=O)COc2ccc(C(=O)c3ccccc3)cc2)c1. The van der Waals surface area contributed by atoms with Gasteiger partial charge in [0.1, 0.15) is 17.2 Å². The van der Waals surface area contributed by atoms with Crippen molar-refractivity contribution in [3.05, 3.63) is 89.5 Å². The minimum Gasteiger partial charge on any atom is -0.497 e. The van der Waals surface area contributed by atoms with Gasteiger partial charge in [0.25, 0.3) is 5.91 Å².